The summed E-state index contributed by atoms with van der Waals surface area (Å²) in [7, 11) is 1.69. The predicted octanol–water partition coefficient (Wildman–Crippen LogP) is 5.26. The first-order valence-corrected chi connectivity index (χ1v) is 11.1. The fraction of sp³-hybridized carbons (Fsp3) is 0.360. The van der Waals surface area contributed by atoms with Crippen LogP contribution >= 0.6 is 12.2 Å². The maximum Gasteiger partial charge on any atom is 0.170 e. The van der Waals surface area contributed by atoms with Crippen molar-refractivity contribution >= 4 is 17.3 Å². The molecular formula is C25H30N4OS. The normalized spacial score (nSPS) is 18.5. The van der Waals surface area contributed by atoms with Gasteiger partial charge in [-0.1, -0.05) is 18.2 Å². The Balaban J connectivity index is 1.77. The van der Waals surface area contributed by atoms with Crippen LogP contribution in [0.25, 0.3) is 0 Å². The molecule has 5 nitrogen and oxygen atoms in total. The molecule has 1 aromatic carbocycles. The molecule has 1 saturated heterocycles. The molecule has 6 heteroatoms. The highest BCUT2D eigenvalue weighted by Crippen LogP contribution is 2.42. The van der Waals surface area contributed by atoms with Gasteiger partial charge in [0, 0.05) is 30.2 Å². The predicted molar refractivity (Wildman–Crippen MR) is 128 cm³/mol. The number of rotatable bonds is 6. The van der Waals surface area contributed by atoms with Crippen LogP contribution in [-0.2, 0) is 6.54 Å². The average molecular weight is 435 g/mol. The Hall–Kier alpha value is -2.86. The van der Waals surface area contributed by atoms with E-state index in [1.54, 1.807) is 7.11 Å². The molecule has 0 amide bonds. The SMILES string of the molecule is COc1ccc(CN2C(=S)N[C@H](c3ccccn3)[C@H]2c2cc(C)n(C(C)C)c2C)cc1. The van der Waals surface area contributed by atoms with Gasteiger partial charge in [-0.15, -0.1) is 0 Å². The summed E-state index contributed by atoms with van der Waals surface area (Å²) in [6.45, 7) is 9.57. The van der Waals surface area contributed by atoms with Gasteiger partial charge in [-0.25, -0.2) is 0 Å². The number of methoxy groups -OCH3 is 1. The molecule has 0 saturated carbocycles. The second-order valence-corrected chi connectivity index (χ2v) is 8.78. The van der Waals surface area contributed by atoms with Gasteiger partial charge in [0.15, 0.2) is 5.11 Å². The Labute approximate surface area is 190 Å². The molecule has 0 radical (unpaired) electrons. The third kappa shape index (κ3) is 4.04. The summed E-state index contributed by atoms with van der Waals surface area (Å²) in [5.41, 5.74) is 6.03. The molecule has 3 heterocycles. The van der Waals surface area contributed by atoms with Gasteiger partial charge in [0.05, 0.1) is 24.9 Å². The van der Waals surface area contributed by atoms with Gasteiger partial charge in [-0.2, -0.15) is 0 Å². The monoisotopic (exact) mass is 434 g/mol. The first-order valence-electron chi connectivity index (χ1n) is 10.7. The molecule has 2 aromatic heterocycles. The van der Waals surface area contributed by atoms with Gasteiger partial charge in [0.25, 0.3) is 0 Å². The number of hydrogen-bond acceptors (Lipinski definition) is 3. The van der Waals surface area contributed by atoms with Crippen molar-refractivity contribution in [1.82, 2.24) is 19.8 Å². The van der Waals surface area contributed by atoms with E-state index in [-0.39, 0.29) is 12.1 Å². The second-order valence-electron chi connectivity index (χ2n) is 8.39. The Morgan fingerprint density at radius 2 is 1.87 bits per heavy atom. The van der Waals surface area contributed by atoms with E-state index in [0.29, 0.717) is 6.04 Å². The van der Waals surface area contributed by atoms with Crippen molar-refractivity contribution in [1.29, 1.82) is 0 Å². The summed E-state index contributed by atoms with van der Waals surface area (Å²) < 4.78 is 7.72. The third-order valence-electron chi connectivity index (χ3n) is 6.07. The molecular weight excluding hydrogens is 404 g/mol. The van der Waals surface area contributed by atoms with Crippen molar-refractivity contribution in [2.24, 2.45) is 0 Å². The van der Waals surface area contributed by atoms with E-state index in [0.717, 1.165) is 23.1 Å². The molecule has 2 atom stereocenters. The van der Waals surface area contributed by atoms with Crippen molar-refractivity contribution < 1.29 is 4.74 Å². The molecule has 0 bridgehead atoms. The van der Waals surface area contributed by atoms with Crippen LogP contribution in [0.5, 0.6) is 5.75 Å². The number of aryl methyl sites for hydroxylation is 1. The van der Waals surface area contributed by atoms with Crippen LogP contribution in [0, 0.1) is 13.8 Å². The first-order chi connectivity index (χ1) is 14.9. The van der Waals surface area contributed by atoms with Crippen molar-refractivity contribution in [2.75, 3.05) is 7.11 Å². The topological polar surface area (TPSA) is 42.3 Å². The number of hydrogen-bond donors (Lipinski definition) is 1. The van der Waals surface area contributed by atoms with E-state index in [1.807, 2.05) is 30.5 Å². The van der Waals surface area contributed by atoms with Crippen LogP contribution in [0.15, 0.2) is 54.7 Å². The zero-order valence-electron chi connectivity index (χ0n) is 18.8. The highest BCUT2D eigenvalue weighted by atomic mass is 32.1. The van der Waals surface area contributed by atoms with Gasteiger partial charge in [-0.05, 0) is 81.4 Å². The third-order valence-corrected chi connectivity index (χ3v) is 6.42. The molecule has 1 aliphatic heterocycles. The number of benzene rings is 1. The number of aromatic nitrogens is 2. The summed E-state index contributed by atoms with van der Waals surface area (Å²) in [6.07, 6.45) is 1.85. The number of thiocarbonyl (C=S) groups is 1. The molecule has 3 aromatic rings. The first kappa shape index (κ1) is 21.4. The average Bonchev–Trinajstić information content (AvgIpc) is 3.24. The lowest BCUT2D eigenvalue weighted by atomic mass is 9.96. The van der Waals surface area contributed by atoms with Crippen LogP contribution < -0.4 is 10.1 Å². The molecule has 1 fully saturated rings. The standard InChI is InChI=1S/C25H30N4OS/c1-16(2)29-17(3)14-21(18(29)4)24-23(22-8-6-7-13-26-22)27-25(31)28(24)15-19-9-11-20(30-5)12-10-19/h6-14,16,23-24H,15H2,1-5H3,(H,27,31)/t23-,24-/m1/s1. The lowest BCUT2D eigenvalue weighted by molar-refractivity contribution is 0.309. The highest BCUT2D eigenvalue weighted by Gasteiger charge is 2.41. The van der Waals surface area contributed by atoms with Crippen LogP contribution in [0.2, 0.25) is 0 Å². The summed E-state index contributed by atoms with van der Waals surface area (Å²) in [5, 5.41) is 4.31. The fourth-order valence-electron chi connectivity index (χ4n) is 4.74. The van der Waals surface area contributed by atoms with E-state index in [1.165, 1.54) is 22.5 Å². The molecule has 162 valence electrons. The zero-order chi connectivity index (χ0) is 22.1. The van der Waals surface area contributed by atoms with Gasteiger partial charge in [0.2, 0.25) is 0 Å². The molecule has 1 aliphatic rings. The van der Waals surface area contributed by atoms with Crippen LogP contribution in [0.3, 0.4) is 0 Å². The minimum absolute atomic E-state index is 0.00643. The maximum absolute atomic E-state index is 5.83. The van der Waals surface area contributed by atoms with Crippen LogP contribution in [0.1, 0.15) is 60.2 Å². The molecule has 4 rings (SSSR count). The lowest BCUT2D eigenvalue weighted by Crippen LogP contribution is -2.29. The van der Waals surface area contributed by atoms with Crippen LogP contribution in [0.4, 0.5) is 0 Å². The van der Waals surface area contributed by atoms with Crippen molar-refractivity contribution in [3.05, 3.63) is 82.9 Å². The van der Waals surface area contributed by atoms with Gasteiger partial charge in [-0.3, -0.25) is 4.98 Å². The fourth-order valence-corrected chi connectivity index (χ4v) is 5.04. The molecule has 1 N–H and O–H groups in total. The van der Waals surface area contributed by atoms with Crippen molar-refractivity contribution in [3.8, 4) is 5.75 Å². The smallest absolute Gasteiger partial charge is 0.170 e. The second kappa shape index (κ2) is 8.71. The summed E-state index contributed by atoms with van der Waals surface area (Å²) in [6, 6.07) is 17.0. The Morgan fingerprint density at radius 1 is 1.13 bits per heavy atom. The zero-order valence-corrected chi connectivity index (χ0v) is 19.6. The molecule has 0 spiro atoms. The van der Waals surface area contributed by atoms with E-state index in [9.17, 15) is 0 Å². The minimum atomic E-state index is -0.00643. The Kier molecular flexibility index (Phi) is 6.01. The molecule has 0 aliphatic carbocycles. The number of nitrogens with zero attached hydrogens (tertiary/aromatic N) is 3. The van der Waals surface area contributed by atoms with Crippen molar-refractivity contribution in [2.45, 2.75) is 52.4 Å². The van der Waals surface area contributed by atoms with Gasteiger partial charge < -0.3 is 19.5 Å². The number of ether oxygens (including phenoxy) is 1. The highest BCUT2D eigenvalue weighted by molar-refractivity contribution is 7.80. The van der Waals surface area contributed by atoms with Gasteiger partial charge in [0.1, 0.15) is 5.75 Å². The summed E-state index contributed by atoms with van der Waals surface area (Å²) >= 11 is 5.83. The van der Waals surface area contributed by atoms with E-state index < -0.39 is 0 Å². The minimum Gasteiger partial charge on any atom is -0.497 e. The van der Waals surface area contributed by atoms with E-state index >= 15 is 0 Å². The Morgan fingerprint density at radius 3 is 2.45 bits per heavy atom. The van der Waals surface area contributed by atoms with E-state index in [4.69, 9.17) is 17.0 Å². The van der Waals surface area contributed by atoms with E-state index in [2.05, 4.69) is 71.7 Å². The maximum atomic E-state index is 5.83. The Bertz CT molecular complexity index is 1060. The van der Waals surface area contributed by atoms with Gasteiger partial charge >= 0.3 is 0 Å². The van der Waals surface area contributed by atoms with Crippen LogP contribution in [-0.4, -0.2) is 26.7 Å². The molecule has 0 unspecified atom stereocenters. The summed E-state index contributed by atoms with van der Waals surface area (Å²) in [5.74, 6) is 0.856. The summed E-state index contributed by atoms with van der Waals surface area (Å²) in [4.78, 5) is 6.95. The number of nitrogens with one attached hydrogen (secondary N) is 1. The molecule has 31 heavy (non-hydrogen) atoms. The number of pyridine rings is 1. The largest absolute Gasteiger partial charge is 0.497 e. The lowest BCUT2D eigenvalue weighted by Gasteiger charge is -2.28. The quantitative estimate of drug-likeness (QED) is 0.536. The van der Waals surface area contributed by atoms with Crippen molar-refractivity contribution in [3.63, 3.8) is 0 Å².